The Labute approximate surface area is 146 Å². The number of fused-ring (bicyclic) bond motifs is 1. The van der Waals surface area contributed by atoms with Crippen molar-refractivity contribution >= 4 is 11.9 Å². The summed E-state index contributed by atoms with van der Waals surface area (Å²) in [6, 6.07) is 5.62. The molecule has 0 unspecified atom stereocenters. The van der Waals surface area contributed by atoms with Crippen molar-refractivity contribution in [1.82, 2.24) is 10.2 Å². The molecule has 1 aromatic rings. The van der Waals surface area contributed by atoms with E-state index < -0.39 is 17.3 Å². The van der Waals surface area contributed by atoms with E-state index in [-0.39, 0.29) is 12.5 Å². The molecular weight excluding hydrogens is 324 g/mol. The molecule has 25 heavy (non-hydrogen) atoms. The summed E-state index contributed by atoms with van der Waals surface area (Å²) < 4.78 is 10.9. The number of hydrogen-bond donors (Lipinski definition) is 2. The molecule has 134 valence electrons. The second-order valence-corrected chi connectivity index (χ2v) is 6.49. The van der Waals surface area contributed by atoms with Crippen molar-refractivity contribution in [3.63, 3.8) is 0 Å². The number of carboxylic acid groups (broad SMARTS) is 1. The Morgan fingerprint density at radius 1 is 1.52 bits per heavy atom. The quantitative estimate of drug-likeness (QED) is 0.713. The summed E-state index contributed by atoms with van der Waals surface area (Å²) in [5.41, 5.74) is -0.0440. The molecule has 2 fully saturated rings. The number of nitrogens with one attached hydrogen (secondary N) is 1. The summed E-state index contributed by atoms with van der Waals surface area (Å²) in [7, 11) is 1.57. The standard InChI is InChI=1S/C18H22N2O5/c1-3-6-25-14-5-4-12(7-15(14)24-2)8-20-9-13-16(21)19-10-18(13,11-20)17(22)23/h3-5,7,13H,1,6,8-11H2,2H3,(H,19,21)(H,22,23)/t13-,18+/m0/s1. The molecule has 0 radical (unpaired) electrons. The lowest BCUT2D eigenvalue weighted by atomic mass is 9.81. The number of carbonyl (C=O) groups excluding carboxylic acids is 1. The van der Waals surface area contributed by atoms with Crippen LogP contribution in [-0.4, -0.2) is 55.2 Å². The largest absolute Gasteiger partial charge is 0.493 e. The number of nitrogens with zero attached hydrogens (tertiary/aromatic N) is 1. The van der Waals surface area contributed by atoms with Gasteiger partial charge in [-0.1, -0.05) is 18.7 Å². The molecule has 1 aromatic carbocycles. The lowest BCUT2D eigenvalue weighted by Gasteiger charge is -2.22. The molecule has 0 spiro atoms. The zero-order valence-corrected chi connectivity index (χ0v) is 14.2. The van der Waals surface area contributed by atoms with Crippen LogP contribution >= 0.6 is 0 Å². The van der Waals surface area contributed by atoms with Crippen molar-refractivity contribution in [1.29, 1.82) is 0 Å². The first kappa shape index (κ1) is 17.3. The SMILES string of the molecule is C=CCOc1ccc(CN2C[C@H]3C(=O)NC[C@@]3(C(=O)O)C2)cc1OC. The van der Waals surface area contributed by atoms with Crippen LogP contribution in [0.5, 0.6) is 11.5 Å². The smallest absolute Gasteiger partial charge is 0.313 e. The van der Waals surface area contributed by atoms with Gasteiger partial charge in [0, 0.05) is 26.2 Å². The number of amides is 1. The Balaban J connectivity index is 1.74. The van der Waals surface area contributed by atoms with Gasteiger partial charge in [0.15, 0.2) is 11.5 Å². The monoisotopic (exact) mass is 346 g/mol. The number of aliphatic carboxylic acids is 1. The number of carboxylic acids is 1. The number of carbonyl (C=O) groups is 2. The minimum Gasteiger partial charge on any atom is -0.493 e. The fourth-order valence-electron chi connectivity index (χ4n) is 3.64. The fraction of sp³-hybridized carbons (Fsp3) is 0.444. The first-order chi connectivity index (χ1) is 12.0. The van der Waals surface area contributed by atoms with Crippen LogP contribution in [-0.2, 0) is 16.1 Å². The Kier molecular flexibility index (Phi) is 4.67. The van der Waals surface area contributed by atoms with Gasteiger partial charge in [-0.2, -0.15) is 0 Å². The zero-order valence-electron chi connectivity index (χ0n) is 14.2. The lowest BCUT2D eigenvalue weighted by molar-refractivity contribution is -0.149. The summed E-state index contributed by atoms with van der Waals surface area (Å²) in [5, 5.41) is 12.3. The molecule has 0 aliphatic carbocycles. The first-order valence-electron chi connectivity index (χ1n) is 8.14. The van der Waals surface area contributed by atoms with E-state index in [1.165, 1.54) is 0 Å². The maximum absolute atomic E-state index is 12.0. The van der Waals surface area contributed by atoms with Crippen LogP contribution in [0, 0.1) is 11.3 Å². The van der Waals surface area contributed by atoms with Crippen molar-refractivity contribution < 1.29 is 24.2 Å². The molecule has 3 rings (SSSR count). The van der Waals surface area contributed by atoms with Crippen LogP contribution in [0.25, 0.3) is 0 Å². The molecule has 2 atom stereocenters. The van der Waals surface area contributed by atoms with Gasteiger partial charge in [0.1, 0.15) is 12.0 Å². The van der Waals surface area contributed by atoms with Crippen LogP contribution in [0.2, 0.25) is 0 Å². The van der Waals surface area contributed by atoms with E-state index in [1.807, 2.05) is 23.1 Å². The molecule has 7 heteroatoms. The molecular formula is C18H22N2O5. The topological polar surface area (TPSA) is 88.1 Å². The lowest BCUT2D eigenvalue weighted by Crippen LogP contribution is -2.40. The number of benzene rings is 1. The minimum atomic E-state index is -1.02. The van der Waals surface area contributed by atoms with Crippen LogP contribution in [0.3, 0.4) is 0 Å². The normalized spacial score (nSPS) is 25.3. The molecule has 0 bridgehead atoms. The number of rotatable bonds is 7. The van der Waals surface area contributed by atoms with E-state index in [4.69, 9.17) is 9.47 Å². The van der Waals surface area contributed by atoms with E-state index in [1.54, 1.807) is 13.2 Å². The predicted molar refractivity (Wildman–Crippen MR) is 90.5 cm³/mol. The Bertz CT molecular complexity index is 705. The van der Waals surface area contributed by atoms with Crippen LogP contribution in [0.15, 0.2) is 30.9 Å². The van der Waals surface area contributed by atoms with Crippen LogP contribution in [0.1, 0.15) is 5.56 Å². The van der Waals surface area contributed by atoms with E-state index in [0.29, 0.717) is 37.7 Å². The van der Waals surface area contributed by atoms with Gasteiger partial charge in [-0.05, 0) is 17.7 Å². The van der Waals surface area contributed by atoms with Gasteiger partial charge in [-0.3, -0.25) is 14.5 Å². The zero-order chi connectivity index (χ0) is 18.0. The van der Waals surface area contributed by atoms with Gasteiger partial charge >= 0.3 is 5.97 Å². The maximum atomic E-state index is 12.0. The van der Waals surface area contributed by atoms with Crippen molar-refractivity contribution in [3.05, 3.63) is 36.4 Å². The van der Waals surface area contributed by atoms with Crippen LogP contribution in [0.4, 0.5) is 0 Å². The van der Waals surface area contributed by atoms with E-state index in [0.717, 1.165) is 5.56 Å². The summed E-state index contributed by atoms with van der Waals surface area (Å²) >= 11 is 0. The van der Waals surface area contributed by atoms with Gasteiger partial charge in [-0.15, -0.1) is 0 Å². The summed E-state index contributed by atoms with van der Waals surface area (Å²) in [5.74, 6) is -0.336. The maximum Gasteiger partial charge on any atom is 0.313 e. The van der Waals surface area contributed by atoms with Crippen molar-refractivity contribution in [2.24, 2.45) is 11.3 Å². The van der Waals surface area contributed by atoms with Crippen LogP contribution < -0.4 is 14.8 Å². The third-order valence-electron chi connectivity index (χ3n) is 4.92. The van der Waals surface area contributed by atoms with E-state index >= 15 is 0 Å². The summed E-state index contributed by atoms with van der Waals surface area (Å²) in [4.78, 5) is 25.7. The molecule has 7 nitrogen and oxygen atoms in total. The molecule has 0 saturated carbocycles. The first-order valence-corrected chi connectivity index (χ1v) is 8.14. The third kappa shape index (κ3) is 3.07. The average Bonchev–Trinajstić information content (AvgIpc) is 3.11. The van der Waals surface area contributed by atoms with E-state index in [2.05, 4.69) is 11.9 Å². The molecule has 2 aliphatic rings. The molecule has 1 amide bonds. The third-order valence-corrected chi connectivity index (χ3v) is 4.92. The summed E-state index contributed by atoms with van der Waals surface area (Å²) in [6.07, 6.45) is 1.66. The highest BCUT2D eigenvalue weighted by Gasteiger charge is 2.59. The number of methoxy groups -OCH3 is 1. The van der Waals surface area contributed by atoms with E-state index in [9.17, 15) is 14.7 Å². The number of hydrogen-bond acceptors (Lipinski definition) is 5. The number of ether oxygens (including phenoxy) is 2. The molecule has 2 aliphatic heterocycles. The number of likely N-dealkylation sites (tertiary alicyclic amines) is 1. The minimum absolute atomic E-state index is 0.171. The second-order valence-electron chi connectivity index (χ2n) is 6.49. The predicted octanol–water partition coefficient (Wildman–Crippen LogP) is 0.893. The van der Waals surface area contributed by atoms with Gasteiger partial charge in [0.2, 0.25) is 5.91 Å². The highest BCUT2D eigenvalue weighted by molar-refractivity contribution is 5.92. The van der Waals surface area contributed by atoms with Gasteiger partial charge in [0.25, 0.3) is 0 Å². The van der Waals surface area contributed by atoms with Gasteiger partial charge in [0.05, 0.1) is 13.0 Å². The Morgan fingerprint density at radius 3 is 2.96 bits per heavy atom. The molecule has 0 aromatic heterocycles. The van der Waals surface area contributed by atoms with Gasteiger partial charge < -0.3 is 19.9 Å². The average molecular weight is 346 g/mol. The highest BCUT2D eigenvalue weighted by atomic mass is 16.5. The van der Waals surface area contributed by atoms with Crippen molar-refractivity contribution in [2.45, 2.75) is 6.54 Å². The fourth-order valence-corrected chi connectivity index (χ4v) is 3.64. The summed E-state index contributed by atoms with van der Waals surface area (Å²) in [6.45, 7) is 5.54. The highest BCUT2D eigenvalue weighted by Crippen LogP contribution is 2.40. The van der Waals surface area contributed by atoms with Gasteiger partial charge in [-0.25, -0.2) is 0 Å². The second kappa shape index (κ2) is 6.76. The Hall–Kier alpha value is -2.54. The molecule has 2 heterocycles. The molecule has 2 N–H and O–H groups in total. The Morgan fingerprint density at radius 2 is 2.32 bits per heavy atom. The van der Waals surface area contributed by atoms with Crippen molar-refractivity contribution in [3.8, 4) is 11.5 Å². The van der Waals surface area contributed by atoms with Crippen molar-refractivity contribution in [2.75, 3.05) is 33.4 Å². The molecule has 2 saturated heterocycles.